The first-order valence-electron chi connectivity index (χ1n) is 9.58. The summed E-state index contributed by atoms with van der Waals surface area (Å²) in [6.45, 7) is 7.48. The number of rotatable bonds is 6. The molecule has 1 saturated heterocycles. The first-order valence-corrected chi connectivity index (χ1v) is 9.58. The van der Waals surface area contributed by atoms with Crippen molar-refractivity contribution in [1.29, 1.82) is 0 Å². The molecule has 6 nitrogen and oxygen atoms in total. The Hall–Kier alpha value is -2.39. The minimum Gasteiger partial charge on any atom is -0.383 e. The Balaban J connectivity index is 1.66. The van der Waals surface area contributed by atoms with E-state index in [1.165, 1.54) is 17.3 Å². The fraction of sp³-hybridized carbons (Fsp3) is 0.500. The van der Waals surface area contributed by atoms with E-state index in [9.17, 15) is 13.2 Å². The maximum atomic E-state index is 13.2. The highest BCUT2D eigenvalue weighted by Gasteiger charge is 2.45. The van der Waals surface area contributed by atoms with Crippen molar-refractivity contribution in [3.8, 4) is 11.3 Å². The molecule has 0 amide bonds. The molecule has 156 valence electrons. The van der Waals surface area contributed by atoms with Crippen molar-refractivity contribution in [2.75, 3.05) is 39.1 Å². The van der Waals surface area contributed by atoms with Gasteiger partial charge in [-0.25, -0.2) is 4.98 Å². The number of fused-ring (bicyclic) bond motifs is 1. The van der Waals surface area contributed by atoms with Gasteiger partial charge in [0.2, 0.25) is 0 Å². The van der Waals surface area contributed by atoms with Crippen LogP contribution in [-0.4, -0.2) is 53.0 Å². The van der Waals surface area contributed by atoms with E-state index < -0.39 is 17.6 Å². The molecule has 2 aliphatic rings. The number of pyridine rings is 1. The summed E-state index contributed by atoms with van der Waals surface area (Å²) in [4.78, 5) is 6.09. The van der Waals surface area contributed by atoms with Crippen LogP contribution >= 0.6 is 0 Å². The standard InChI is InChI=1S/C20H24F3N5O/c1-11(2)28-17(18-13-9-27(4-5-29-3)10-14(13)18)7-16(26-28)12-6-15(20(21,22)23)19(24)25-8-12/h6-8,11,13H,4-5,9-10H2,1-3H3,(H2,24,25)/t13-/m1/s1. The van der Waals surface area contributed by atoms with Gasteiger partial charge in [-0.15, -0.1) is 0 Å². The van der Waals surface area contributed by atoms with Gasteiger partial charge in [0.15, 0.2) is 0 Å². The number of nitrogens with two attached hydrogens (primary N) is 1. The molecule has 3 heterocycles. The summed E-state index contributed by atoms with van der Waals surface area (Å²) in [5.74, 6) is -0.119. The van der Waals surface area contributed by atoms with Crippen molar-refractivity contribution in [1.82, 2.24) is 19.7 Å². The first kappa shape index (κ1) is 19.9. The molecule has 1 aliphatic heterocycles. The van der Waals surface area contributed by atoms with Gasteiger partial charge in [0.25, 0.3) is 0 Å². The summed E-state index contributed by atoms with van der Waals surface area (Å²) in [6, 6.07) is 2.98. The van der Waals surface area contributed by atoms with Gasteiger partial charge in [-0.1, -0.05) is 0 Å². The molecule has 0 spiro atoms. The minimum absolute atomic E-state index is 0.0848. The normalized spacial score (nSPS) is 19.3. The predicted octanol–water partition coefficient (Wildman–Crippen LogP) is 3.47. The maximum Gasteiger partial charge on any atom is 0.419 e. The van der Waals surface area contributed by atoms with Crippen LogP contribution in [-0.2, 0) is 10.9 Å². The molecule has 2 aromatic heterocycles. The van der Waals surface area contributed by atoms with Crippen molar-refractivity contribution in [3.63, 3.8) is 0 Å². The SMILES string of the molecule is COCCN1CC2=C(c3cc(-c4cnc(N)c(C(F)(F)F)c4)nn3C(C)C)[C@@H]2C1. The largest absolute Gasteiger partial charge is 0.419 e. The van der Waals surface area contributed by atoms with E-state index in [0.717, 1.165) is 31.4 Å². The van der Waals surface area contributed by atoms with Gasteiger partial charge < -0.3 is 10.5 Å². The van der Waals surface area contributed by atoms with E-state index in [-0.39, 0.29) is 6.04 Å². The Labute approximate surface area is 167 Å². The zero-order chi connectivity index (χ0) is 20.9. The fourth-order valence-corrected chi connectivity index (χ4v) is 3.99. The van der Waals surface area contributed by atoms with Crippen LogP contribution < -0.4 is 5.73 Å². The molecule has 9 heteroatoms. The number of alkyl halides is 3. The van der Waals surface area contributed by atoms with Crippen LogP contribution in [0.5, 0.6) is 0 Å². The average molecular weight is 407 g/mol. The third kappa shape index (κ3) is 3.64. The molecule has 29 heavy (non-hydrogen) atoms. The first-order chi connectivity index (χ1) is 13.7. The second-order valence-electron chi connectivity index (χ2n) is 7.83. The Bertz CT molecular complexity index is 964. The summed E-state index contributed by atoms with van der Waals surface area (Å²) in [5.41, 5.74) is 8.91. The Morgan fingerprint density at radius 3 is 2.66 bits per heavy atom. The molecular formula is C20H24F3N5O. The van der Waals surface area contributed by atoms with Crippen molar-refractivity contribution in [2.24, 2.45) is 5.92 Å². The number of hydrogen-bond acceptors (Lipinski definition) is 5. The van der Waals surface area contributed by atoms with Gasteiger partial charge in [-0.05, 0) is 37.1 Å². The van der Waals surface area contributed by atoms with E-state index in [2.05, 4.69) is 15.0 Å². The van der Waals surface area contributed by atoms with Crippen molar-refractivity contribution in [3.05, 3.63) is 35.2 Å². The number of ether oxygens (including phenoxy) is 1. The van der Waals surface area contributed by atoms with E-state index in [1.54, 1.807) is 7.11 Å². The zero-order valence-corrected chi connectivity index (χ0v) is 16.6. The van der Waals surface area contributed by atoms with E-state index in [4.69, 9.17) is 10.5 Å². The highest BCUT2D eigenvalue weighted by molar-refractivity contribution is 5.87. The monoisotopic (exact) mass is 407 g/mol. The van der Waals surface area contributed by atoms with Crippen LogP contribution in [0.3, 0.4) is 0 Å². The molecule has 0 bridgehead atoms. The minimum atomic E-state index is -4.56. The summed E-state index contributed by atoms with van der Waals surface area (Å²) < 4.78 is 46.7. The lowest BCUT2D eigenvalue weighted by atomic mass is 10.1. The molecule has 0 aromatic carbocycles. The molecule has 2 N–H and O–H groups in total. The second kappa shape index (κ2) is 7.14. The lowest BCUT2D eigenvalue weighted by molar-refractivity contribution is -0.137. The number of nitrogen functional groups attached to an aromatic ring is 1. The third-order valence-corrected chi connectivity index (χ3v) is 5.50. The van der Waals surface area contributed by atoms with Crippen LogP contribution in [0.4, 0.5) is 19.0 Å². The molecule has 0 saturated carbocycles. The fourth-order valence-electron chi connectivity index (χ4n) is 3.99. The Morgan fingerprint density at radius 1 is 1.31 bits per heavy atom. The van der Waals surface area contributed by atoms with Gasteiger partial charge in [0, 0.05) is 50.5 Å². The molecule has 1 aliphatic carbocycles. The number of aromatic nitrogens is 3. The van der Waals surface area contributed by atoms with Crippen LogP contribution in [0.15, 0.2) is 23.9 Å². The zero-order valence-electron chi connectivity index (χ0n) is 16.6. The maximum absolute atomic E-state index is 13.2. The lowest BCUT2D eigenvalue weighted by Gasteiger charge is -2.16. The van der Waals surface area contributed by atoms with Gasteiger partial charge >= 0.3 is 6.18 Å². The molecule has 0 radical (unpaired) electrons. The number of likely N-dealkylation sites (tertiary alicyclic amines) is 1. The summed E-state index contributed by atoms with van der Waals surface area (Å²) in [7, 11) is 1.69. The quantitative estimate of drug-likeness (QED) is 0.794. The van der Waals surface area contributed by atoms with Crippen LogP contribution in [0.2, 0.25) is 0 Å². The van der Waals surface area contributed by atoms with Crippen molar-refractivity contribution in [2.45, 2.75) is 26.1 Å². The number of methoxy groups -OCH3 is 1. The molecule has 1 atom stereocenters. The number of nitrogens with zero attached hydrogens (tertiary/aromatic N) is 4. The Morgan fingerprint density at radius 2 is 2.07 bits per heavy atom. The third-order valence-electron chi connectivity index (χ3n) is 5.50. The molecule has 0 unspecified atom stereocenters. The predicted molar refractivity (Wildman–Crippen MR) is 104 cm³/mol. The van der Waals surface area contributed by atoms with Gasteiger partial charge in [0.1, 0.15) is 5.82 Å². The van der Waals surface area contributed by atoms with E-state index >= 15 is 0 Å². The number of halogens is 3. The molecular weight excluding hydrogens is 383 g/mol. The number of anilines is 1. The van der Waals surface area contributed by atoms with E-state index in [1.807, 2.05) is 24.6 Å². The second-order valence-corrected chi connectivity index (χ2v) is 7.83. The van der Waals surface area contributed by atoms with Gasteiger partial charge in [0.05, 0.1) is 23.6 Å². The van der Waals surface area contributed by atoms with Crippen LogP contribution in [0, 0.1) is 5.92 Å². The highest BCUT2D eigenvalue weighted by Crippen LogP contribution is 2.52. The average Bonchev–Trinajstić information content (AvgIpc) is 3.00. The highest BCUT2D eigenvalue weighted by atomic mass is 19.4. The van der Waals surface area contributed by atoms with Crippen molar-refractivity contribution >= 4 is 11.4 Å². The molecule has 2 aromatic rings. The summed E-state index contributed by atoms with van der Waals surface area (Å²) >= 11 is 0. The molecule has 1 fully saturated rings. The van der Waals surface area contributed by atoms with E-state index in [0.29, 0.717) is 23.8 Å². The molecule has 4 rings (SSSR count). The summed E-state index contributed by atoms with van der Waals surface area (Å²) in [5, 5.41) is 4.59. The Kier molecular flexibility index (Phi) is 4.90. The topological polar surface area (TPSA) is 69.2 Å². The number of hydrogen-bond donors (Lipinski definition) is 1. The lowest BCUT2D eigenvalue weighted by Crippen LogP contribution is -2.26. The summed E-state index contributed by atoms with van der Waals surface area (Å²) in [6.07, 6.45) is -3.21. The van der Waals surface area contributed by atoms with Crippen LogP contribution in [0.1, 0.15) is 31.1 Å². The van der Waals surface area contributed by atoms with Crippen LogP contribution in [0.25, 0.3) is 16.8 Å². The smallest absolute Gasteiger partial charge is 0.383 e. The van der Waals surface area contributed by atoms with Crippen molar-refractivity contribution < 1.29 is 17.9 Å². The van der Waals surface area contributed by atoms with Gasteiger partial charge in [-0.2, -0.15) is 18.3 Å². The van der Waals surface area contributed by atoms with Gasteiger partial charge in [-0.3, -0.25) is 9.58 Å².